The first-order chi connectivity index (χ1) is 6.79. The first-order valence-electron chi connectivity index (χ1n) is 4.41. The van der Waals surface area contributed by atoms with E-state index >= 15 is 0 Å². The Balaban J connectivity index is 2.91. The third-order valence-corrected chi connectivity index (χ3v) is 2.61. The molecule has 0 N–H and O–H groups in total. The molecule has 64 valence electrons. The normalized spacial score (nSPS) is 11.4. The molecule has 1 heterocycles. The van der Waals surface area contributed by atoms with Crippen molar-refractivity contribution in [1.29, 1.82) is 0 Å². The number of hydrogen-bond acceptors (Lipinski definition) is 2. The van der Waals surface area contributed by atoms with Gasteiger partial charge >= 0.3 is 79.9 Å². The maximum absolute atomic E-state index is 11.7. The molecule has 3 aromatic rings. The van der Waals surface area contributed by atoms with Gasteiger partial charge in [0.25, 0.3) is 0 Å². The van der Waals surface area contributed by atoms with Crippen molar-refractivity contribution < 1.29 is 0 Å². The number of aromatic nitrogens is 1. The molecular weight excluding hydrogens is 173 g/mol. The standard InChI is InChI=1S/C11H6BNO/c12-9-7-3-1-2-6-4-5-13-10(8(6)7)11(9)14/h1-5,12H. The van der Waals surface area contributed by atoms with Gasteiger partial charge in [0.15, 0.2) is 0 Å². The average molecular weight is 179 g/mol. The van der Waals surface area contributed by atoms with Crippen LogP contribution in [-0.4, -0.2) is 12.5 Å². The van der Waals surface area contributed by atoms with E-state index in [2.05, 4.69) is 12.5 Å². The molecule has 0 saturated carbocycles. The number of pyridine rings is 1. The van der Waals surface area contributed by atoms with Crippen molar-refractivity contribution in [3.05, 3.63) is 45.8 Å². The van der Waals surface area contributed by atoms with Crippen LogP contribution in [-0.2, 0) is 0 Å². The van der Waals surface area contributed by atoms with Crippen LogP contribution >= 0.6 is 0 Å². The summed E-state index contributed by atoms with van der Waals surface area (Å²) in [5, 5.41) is 3.49. The SMILES string of the molecule is B=c1c(=O)c2nccc3cccc1c32. The van der Waals surface area contributed by atoms with E-state index < -0.39 is 0 Å². The minimum absolute atomic E-state index is 0.0446. The molecule has 0 aliphatic carbocycles. The summed E-state index contributed by atoms with van der Waals surface area (Å²) in [4.78, 5) is 15.8. The van der Waals surface area contributed by atoms with Crippen LogP contribution in [0, 0.1) is 5.11 Å². The van der Waals surface area contributed by atoms with Crippen molar-refractivity contribution in [2.45, 2.75) is 0 Å². The Kier molecular flexibility index (Phi) is 1.30. The van der Waals surface area contributed by atoms with Crippen LogP contribution in [0.1, 0.15) is 0 Å². The quantitative estimate of drug-likeness (QED) is 0.483. The molecule has 2 aromatic carbocycles. The number of hydrogen-bond donors (Lipinski definition) is 0. The van der Waals surface area contributed by atoms with E-state index in [1.54, 1.807) is 6.20 Å². The second kappa shape index (κ2) is 2.38. The third-order valence-electron chi connectivity index (χ3n) is 2.61. The molecule has 2 nitrogen and oxygen atoms in total. The van der Waals surface area contributed by atoms with Crippen LogP contribution < -0.4 is 5.43 Å². The fourth-order valence-electron chi connectivity index (χ4n) is 1.92. The predicted octanol–water partition coefficient (Wildman–Crippen LogP) is 1.06. The monoisotopic (exact) mass is 179 g/mol. The van der Waals surface area contributed by atoms with Crippen LogP contribution in [0.2, 0.25) is 0 Å². The summed E-state index contributed by atoms with van der Waals surface area (Å²) in [7, 11) is 3.79. The van der Waals surface area contributed by atoms with Gasteiger partial charge in [0.2, 0.25) is 0 Å². The van der Waals surface area contributed by atoms with E-state index in [1.807, 2.05) is 24.3 Å². The molecular formula is C11H6BNO. The van der Waals surface area contributed by atoms with Crippen LogP contribution in [0.25, 0.3) is 21.7 Å². The summed E-state index contributed by atoms with van der Waals surface area (Å²) < 4.78 is 0. The molecule has 0 bridgehead atoms. The van der Waals surface area contributed by atoms with Gasteiger partial charge in [-0.1, -0.05) is 0 Å². The van der Waals surface area contributed by atoms with Crippen molar-refractivity contribution in [3.8, 4) is 0 Å². The average Bonchev–Trinajstić information content (AvgIpc) is 2.47. The van der Waals surface area contributed by atoms with Crippen molar-refractivity contribution in [1.82, 2.24) is 4.98 Å². The molecule has 0 atom stereocenters. The van der Waals surface area contributed by atoms with Gasteiger partial charge in [-0.3, -0.25) is 0 Å². The molecule has 3 rings (SSSR count). The first-order valence-corrected chi connectivity index (χ1v) is 4.41. The van der Waals surface area contributed by atoms with Gasteiger partial charge in [-0.2, -0.15) is 0 Å². The van der Waals surface area contributed by atoms with Crippen LogP contribution in [0.3, 0.4) is 0 Å². The van der Waals surface area contributed by atoms with E-state index in [4.69, 9.17) is 0 Å². The van der Waals surface area contributed by atoms with Gasteiger partial charge in [0.1, 0.15) is 0 Å². The number of benzene rings is 1. The molecule has 14 heavy (non-hydrogen) atoms. The van der Waals surface area contributed by atoms with Gasteiger partial charge < -0.3 is 0 Å². The van der Waals surface area contributed by atoms with E-state index in [1.165, 1.54) is 0 Å². The maximum atomic E-state index is 11.7. The Hall–Kier alpha value is -1.77. The van der Waals surface area contributed by atoms with Gasteiger partial charge in [0.05, 0.1) is 0 Å². The molecule has 0 aliphatic heterocycles. The van der Waals surface area contributed by atoms with E-state index in [-0.39, 0.29) is 5.43 Å². The Morgan fingerprint density at radius 2 is 2.07 bits per heavy atom. The zero-order valence-electron chi connectivity index (χ0n) is 7.45. The fourth-order valence-corrected chi connectivity index (χ4v) is 1.92. The molecule has 0 amide bonds. The summed E-state index contributed by atoms with van der Waals surface area (Å²) in [6.45, 7) is 0. The summed E-state index contributed by atoms with van der Waals surface area (Å²) in [6.07, 6.45) is 1.66. The zero-order chi connectivity index (χ0) is 9.71. The molecule has 1 aromatic heterocycles. The molecule has 0 radical (unpaired) electrons. The molecule has 0 spiro atoms. The Labute approximate surface area is 80.6 Å². The topological polar surface area (TPSA) is 30.0 Å². The molecule has 0 aliphatic rings. The Morgan fingerprint density at radius 1 is 1.21 bits per heavy atom. The van der Waals surface area contributed by atoms with Gasteiger partial charge in [-0.15, -0.1) is 0 Å². The summed E-state index contributed by atoms with van der Waals surface area (Å²) >= 11 is 0. The summed E-state index contributed by atoms with van der Waals surface area (Å²) in [6, 6.07) is 7.75. The summed E-state index contributed by atoms with van der Waals surface area (Å²) in [5.41, 5.74) is 0.500. The number of rotatable bonds is 0. The Bertz CT molecular complexity index is 664. The molecule has 0 unspecified atom stereocenters. The predicted molar refractivity (Wildman–Crippen MR) is 58.3 cm³/mol. The molecule has 3 heteroatoms. The van der Waals surface area contributed by atoms with Crippen molar-refractivity contribution >= 4 is 29.2 Å². The van der Waals surface area contributed by atoms with Crippen LogP contribution in [0.15, 0.2) is 35.3 Å². The van der Waals surface area contributed by atoms with Gasteiger partial charge in [-0.25, -0.2) is 0 Å². The molecule has 0 saturated heterocycles. The fraction of sp³-hybridized carbons (Fsp3) is 0. The van der Waals surface area contributed by atoms with E-state index in [0.29, 0.717) is 10.6 Å². The van der Waals surface area contributed by atoms with Gasteiger partial charge in [-0.05, 0) is 0 Å². The third kappa shape index (κ3) is 0.745. The molecule has 0 fully saturated rings. The van der Waals surface area contributed by atoms with E-state index in [9.17, 15) is 4.79 Å². The van der Waals surface area contributed by atoms with Crippen LogP contribution in [0.5, 0.6) is 0 Å². The van der Waals surface area contributed by atoms with Crippen LogP contribution in [0.4, 0.5) is 0 Å². The van der Waals surface area contributed by atoms with E-state index in [0.717, 1.165) is 16.2 Å². The second-order valence-electron chi connectivity index (χ2n) is 3.37. The van der Waals surface area contributed by atoms with Crippen molar-refractivity contribution in [3.63, 3.8) is 0 Å². The summed E-state index contributed by atoms with van der Waals surface area (Å²) in [5.74, 6) is 0. The zero-order valence-corrected chi connectivity index (χ0v) is 7.45. The Morgan fingerprint density at radius 3 is 2.93 bits per heavy atom. The number of nitrogens with zero attached hydrogens (tertiary/aromatic N) is 1. The second-order valence-corrected chi connectivity index (χ2v) is 3.37. The van der Waals surface area contributed by atoms with Gasteiger partial charge in [0, 0.05) is 0 Å². The minimum atomic E-state index is -0.0446. The van der Waals surface area contributed by atoms with Crippen molar-refractivity contribution in [2.24, 2.45) is 0 Å². The van der Waals surface area contributed by atoms with Crippen molar-refractivity contribution in [2.75, 3.05) is 0 Å². The first kappa shape index (κ1) is 7.62.